The number of aryl methyl sites for hydroxylation is 1. The van der Waals surface area contributed by atoms with E-state index < -0.39 is 0 Å². The van der Waals surface area contributed by atoms with E-state index in [1.807, 2.05) is 23.0 Å². The van der Waals surface area contributed by atoms with Crippen molar-refractivity contribution in [3.63, 3.8) is 0 Å². The van der Waals surface area contributed by atoms with Crippen LogP contribution < -0.4 is 5.32 Å². The first-order valence-electron chi connectivity index (χ1n) is 9.55. The summed E-state index contributed by atoms with van der Waals surface area (Å²) in [5.74, 6) is 0. The van der Waals surface area contributed by atoms with Crippen LogP contribution in [0.2, 0.25) is 0 Å². The normalized spacial score (nSPS) is 10.9. The summed E-state index contributed by atoms with van der Waals surface area (Å²) in [4.78, 5) is 4.27. The topological polar surface area (TPSA) is 42.7 Å². The van der Waals surface area contributed by atoms with E-state index in [-0.39, 0.29) is 0 Å². The third-order valence-corrected chi connectivity index (χ3v) is 4.85. The minimum absolute atomic E-state index is 0.756. The van der Waals surface area contributed by atoms with Gasteiger partial charge in [-0.1, -0.05) is 54.6 Å². The summed E-state index contributed by atoms with van der Waals surface area (Å²) in [6.45, 7) is 4.50. The SMILES string of the molecule is Cc1ccccc1CNCc1cn(Cc2ccccc2)nc1-c1cccnc1. The number of rotatable bonds is 7. The fourth-order valence-corrected chi connectivity index (χ4v) is 3.33. The highest BCUT2D eigenvalue weighted by atomic mass is 15.3. The Bertz CT molecular complexity index is 1020. The maximum atomic E-state index is 4.86. The molecule has 4 nitrogen and oxygen atoms in total. The predicted molar refractivity (Wildman–Crippen MR) is 113 cm³/mol. The van der Waals surface area contributed by atoms with Gasteiger partial charge >= 0.3 is 0 Å². The number of nitrogens with one attached hydrogen (secondary N) is 1. The second kappa shape index (κ2) is 8.63. The minimum atomic E-state index is 0.756. The predicted octanol–water partition coefficient (Wildman–Crippen LogP) is 4.59. The first-order chi connectivity index (χ1) is 13.8. The van der Waals surface area contributed by atoms with Gasteiger partial charge in [0.25, 0.3) is 0 Å². The van der Waals surface area contributed by atoms with Gasteiger partial charge in [0.15, 0.2) is 0 Å². The van der Waals surface area contributed by atoms with Crippen LogP contribution in [0.4, 0.5) is 0 Å². The van der Waals surface area contributed by atoms with Gasteiger partial charge in [0.1, 0.15) is 0 Å². The van der Waals surface area contributed by atoms with E-state index in [0.29, 0.717) is 0 Å². The molecule has 0 fully saturated rings. The standard InChI is InChI=1S/C24H24N4/c1-19-8-5-6-11-21(19)14-26-16-23-18-28(17-20-9-3-2-4-10-20)27-24(23)22-12-7-13-25-15-22/h2-13,15,18,26H,14,16-17H2,1H3. The van der Waals surface area contributed by atoms with Crippen molar-refractivity contribution in [2.24, 2.45) is 0 Å². The molecule has 0 saturated heterocycles. The average Bonchev–Trinajstić information content (AvgIpc) is 3.13. The van der Waals surface area contributed by atoms with Crippen molar-refractivity contribution in [2.75, 3.05) is 0 Å². The Morgan fingerprint density at radius 3 is 2.43 bits per heavy atom. The molecule has 0 amide bonds. The Kier molecular flexibility index (Phi) is 5.59. The van der Waals surface area contributed by atoms with Gasteiger partial charge in [-0.15, -0.1) is 0 Å². The van der Waals surface area contributed by atoms with Gasteiger partial charge in [-0.2, -0.15) is 5.10 Å². The molecule has 2 aromatic heterocycles. The molecular formula is C24H24N4. The Balaban J connectivity index is 1.55. The van der Waals surface area contributed by atoms with Crippen molar-refractivity contribution >= 4 is 0 Å². The number of aromatic nitrogens is 3. The summed E-state index contributed by atoms with van der Waals surface area (Å²) in [5, 5.41) is 8.43. The van der Waals surface area contributed by atoms with Crippen molar-refractivity contribution in [1.29, 1.82) is 0 Å². The van der Waals surface area contributed by atoms with E-state index in [2.05, 4.69) is 78.0 Å². The molecule has 0 bridgehead atoms. The van der Waals surface area contributed by atoms with Gasteiger partial charge in [-0.3, -0.25) is 9.67 Å². The summed E-state index contributed by atoms with van der Waals surface area (Å²) in [6, 6.07) is 22.9. The Morgan fingerprint density at radius 2 is 1.64 bits per heavy atom. The third kappa shape index (κ3) is 4.35. The van der Waals surface area contributed by atoms with Crippen molar-refractivity contribution in [3.8, 4) is 11.3 Å². The summed E-state index contributed by atoms with van der Waals surface area (Å²) < 4.78 is 2.02. The quantitative estimate of drug-likeness (QED) is 0.519. The minimum Gasteiger partial charge on any atom is -0.308 e. The first-order valence-corrected chi connectivity index (χ1v) is 9.55. The molecule has 0 radical (unpaired) electrons. The molecule has 28 heavy (non-hydrogen) atoms. The van der Waals surface area contributed by atoms with Crippen molar-refractivity contribution in [2.45, 2.75) is 26.6 Å². The van der Waals surface area contributed by atoms with E-state index in [4.69, 9.17) is 5.10 Å². The van der Waals surface area contributed by atoms with Crippen LogP contribution in [0.25, 0.3) is 11.3 Å². The largest absolute Gasteiger partial charge is 0.308 e. The molecule has 1 N–H and O–H groups in total. The van der Waals surface area contributed by atoms with Crippen molar-refractivity contribution < 1.29 is 0 Å². The lowest BCUT2D eigenvalue weighted by Crippen LogP contribution is -2.13. The number of benzene rings is 2. The zero-order valence-electron chi connectivity index (χ0n) is 16.0. The second-order valence-corrected chi connectivity index (χ2v) is 6.96. The molecule has 0 saturated carbocycles. The Labute approximate surface area is 165 Å². The Morgan fingerprint density at radius 1 is 0.857 bits per heavy atom. The molecule has 0 aliphatic carbocycles. The van der Waals surface area contributed by atoms with E-state index in [1.54, 1.807) is 6.20 Å². The van der Waals surface area contributed by atoms with Crippen LogP contribution in [0.1, 0.15) is 22.3 Å². The molecule has 140 valence electrons. The van der Waals surface area contributed by atoms with Gasteiger partial charge in [-0.25, -0.2) is 0 Å². The fourth-order valence-electron chi connectivity index (χ4n) is 3.33. The average molecular weight is 368 g/mol. The highest BCUT2D eigenvalue weighted by Gasteiger charge is 2.12. The second-order valence-electron chi connectivity index (χ2n) is 6.96. The number of hydrogen-bond acceptors (Lipinski definition) is 3. The van der Waals surface area contributed by atoms with Crippen LogP contribution >= 0.6 is 0 Å². The smallest absolute Gasteiger partial charge is 0.0983 e. The molecule has 2 aromatic carbocycles. The lowest BCUT2D eigenvalue weighted by molar-refractivity contribution is 0.676. The molecule has 0 unspecified atom stereocenters. The zero-order chi connectivity index (χ0) is 19.2. The summed E-state index contributed by atoms with van der Waals surface area (Å²) in [5.41, 5.74) is 7.08. The number of pyridine rings is 1. The molecule has 0 atom stereocenters. The maximum absolute atomic E-state index is 4.86. The highest BCUT2D eigenvalue weighted by Crippen LogP contribution is 2.22. The van der Waals surface area contributed by atoms with Gasteiger partial charge in [0.2, 0.25) is 0 Å². The van der Waals surface area contributed by atoms with Crippen LogP contribution in [0, 0.1) is 6.92 Å². The van der Waals surface area contributed by atoms with Crippen LogP contribution in [-0.2, 0) is 19.6 Å². The van der Waals surface area contributed by atoms with Gasteiger partial charge in [-0.05, 0) is 35.7 Å². The van der Waals surface area contributed by atoms with E-state index in [0.717, 1.165) is 30.9 Å². The molecular weight excluding hydrogens is 344 g/mol. The lowest BCUT2D eigenvalue weighted by Gasteiger charge is -2.07. The summed E-state index contributed by atoms with van der Waals surface area (Å²) in [7, 11) is 0. The summed E-state index contributed by atoms with van der Waals surface area (Å²) >= 11 is 0. The van der Waals surface area contributed by atoms with Crippen molar-refractivity contribution in [1.82, 2.24) is 20.1 Å². The van der Waals surface area contributed by atoms with Crippen LogP contribution in [-0.4, -0.2) is 14.8 Å². The van der Waals surface area contributed by atoms with E-state index >= 15 is 0 Å². The monoisotopic (exact) mass is 368 g/mol. The van der Waals surface area contributed by atoms with E-state index in [1.165, 1.54) is 22.3 Å². The summed E-state index contributed by atoms with van der Waals surface area (Å²) in [6.07, 6.45) is 5.81. The molecule has 2 heterocycles. The van der Waals surface area contributed by atoms with Gasteiger partial charge in [0, 0.05) is 42.8 Å². The lowest BCUT2D eigenvalue weighted by atomic mass is 10.1. The van der Waals surface area contributed by atoms with Crippen LogP contribution in [0.15, 0.2) is 85.3 Å². The van der Waals surface area contributed by atoms with Crippen molar-refractivity contribution in [3.05, 3.63) is 108 Å². The number of hydrogen-bond donors (Lipinski definition) is 1. The van der Waals surface area contributed by atoms with Gasteiger partial charge < -0.3 is 5.32 Å². The molecule has 0 spiro atoms. The van der Waals surface area contributed by atoms with E-state index in [9.17, 15) is 0 Å². The van der Waals surface area contributed by atoms with Gasteiger partial charge in [0.05, 0.1) is 12.2 Å². The number of nitrogens with zero attached hydrogens (tertiary/aromatic N) is 3. The first kappa shape index (κ1) is 18.1. The van der Waals surface area contributed by atoms with Crippen LogP contribution in [0.3, 0.4) is 0 Å². The maximum Gasteiger partial charge on any atom is 0.0983 e. The highest BCUT2D eigenvalue weighted by molar-refractivity contribution is 5.61. The molecule has 0 aliphatic rings. The fraction of sp³-hybridized carbons (Fsp3) is 0.167. The molecule has 4 aromatic rings. The third-order valence-electron chi connectivity index (χ3n) is 4.85. The molecule has 0 aliphatic heterocycles. The van der Waals surface area contributed by atoms with Crippen LogP contribution in [0.5, 0.6) is 0 Å². The zero-order valence-corrected chi connectivity index (χ0v) is 16.0. The molecule has 4 heteroatoms. The molecule has 4 rings (SSSR count). The Hall–Kier alpha value is -3.24.